The molecule has 200 valence electrons. The number of amides is 2. The SMILES string of the molecule is COc1ccc([C@@H](C(=O)NC2CCCCC2)N(C(=O)Cc2cccs2)c2ccc(C(C)=O)cc2)cc1OC. The summed E-state index contributed by atoms with van der Waals surface area (Å²) in [5.74, 6) is 0.461. The van der Waals surface area contributed by atoms with Crippen molar-refractivity contribution < 1.29 is 23.9 Å². The molecule has 2 aromatic carbocycles. The molecule has 0 radical (unpaired) electrons. The van der Waals surface area contributed by atoms with Crippen molar-refractivity contribution >= 4 is 34.6 Å². The summed E-state index contributed by atoms with van der Waals surface area (Å²) < 4.78 is 10.9. The fourth-order valence-electron chi connectivity index (χ4n) is 4.91. The molecule has 1 aromatic heterocycles. The van der Waals surface area contributed by atoms with Crippen LogP contribution in [-0.4, -0.2) is 37.9 Å². The molecule has 1 saturated carbocycles. The van der Waals surface area contributed by atoms with Gasteiger partial charge in [-0.2, -0.15) is 0 Å². The zero-order valence-corrected chi connectivity index (χ0v) is 22.9. The summed E-state index contributed by atoms with van der Waals surface area (Å²) in [6.07, 6.45) is 5.28. The molecule has 1 fully saturated rings. The average Bonchev–Trinajstić information content (AvgIpc) is 3.44. The third-order valence-electron chi connectivity index (χ3n) is 6.91. The summed E-state index contributed by atoms with van der Waals surface area (Å²) >= 11 is 1.50. The lowest BCUT2D eigenvalue weighted by Gasteiger charge is -2.34. The van der Waals surface area contributed by atoms with Gasteiger partial charge in [0.1, 0.15) is 6.04 Å². The van der Waals surface area contributed by atoms with E-state index < -0.39 is 6.04 Å². The Morgan fingerprint density at radius 1 is 0.974 bits per heavy atom. The molecule has 1 aliphatic carbocycles. The Morgan fingerprint density at radius 3 is 2.29 bits per heavy atom. The topological polar surface area (TPSA) is 84.9 Å². The molecule has 0 aliphatic heterocycles. The predicted octanol–water partition coefficient (Wildman–Crippen LogP) is 5.73. The number of Topliss-reactive ketones (excluding diaryl/α,β-unsaturated/α-hetero) is 1. The highest BCUT2D eigenvalue weighted by Crippen LogP contribution is 2.35. The molecular formula is C30H34N2O5S. The molecule has 1 N–H and O–H groups in total. The Hall–Kier alpha value is -3.65. The normalized spacial score (nSPS) is 14.4. The van der Waals surface area contributed by atoms with Crippen LogP contribution < -0.4 is 19.7 Å². The van der Waals surface area contributed by atoms with Crippen LogP contribution in [0.25, 0.3) is 0 Å². The van der Waals surface area contributed by atoms with Crippen molar-refractivity contribution in [2.24, 2.45) is 0 Å². The highest BCUT2D eigenvalue weighted by atomic mass is 32.1. The Bertz CT molecular complexity index is 1250. The lowest BCUT2D eigenvalue weighted by Crippen LogP contribution is -2.47. The van der Waals surface area contributed by atoms with Gasteiger partial charge in [0.15, 0.2) is 17.3 Å². The third kappa shape index (κ3) is 6.42. The molecule has 8 heteroatoms. The van der Waals surface area contributed by atoms with Crippen LogP contribution in [0.5, 0.6) is 11.5 Å². The van der Waals surface area contributed by atoms with Crippen LogP contribution in [0.4, 0.5) is 5.69 Å². The zero-order valence-electron chi connectivity index (χ0n) is 22.1. The Balaban J connectivity index is 1.81. The Labute approximate surface area is 227 Å². The Morgan fingerprint density at radius 2 is 1.68 bits per heavy atom. The van der Waals surface area contributed by atoms with Gasteiger partial charge in [0.25, 0.3) is 0 Å². The van der Waals surface area contributed by atoms with E-state index in [1.54, 1.807) is 61.6 Å². The standard InChI is InChI=1S/C30H34N2O5S/c1-20(33)21-11-14-24(15-12-21)32(28(34)19-25-10-7-17-38-25)29(30(35)31-23-8-5-4-6-9-23)22-13-16-26(36-2)27(18-22)37-3/h7,10-18,23,29H,4-6,8-9,19H2,1-3H3,(H,31,35)/t29-/m0/s1. The number of nitrogens with one attached hydrogen (secondary N) is 1. The van der Waals surface area contributed by atoms with Crippen molar-refractivity contribution in [1.82, 2.24) is 5.32 Å². The highest BCUT2D eigenvalue weighted by molar-refractivity contribution is 7.10. The summed E-state index contributed by atoms with van der Waals surface area (Å²) in [5.41, 5.74) is 1.68. The van der Waals surface area contributed by atoms with Crippen LogP contribution in [0.1, 0.15) is 65.9 Å². The van der Waals surface area contributed by atoms with Gasteiger partial charge in [0.05, 0.1) is 20.6 Å². The number of thiophene rings is 1. The van der Waals surface area contributed by atoms with E-state index in [0.29, 0.717) is 28.3 Å². The lowest BCUT2D eigenvalue weighted by atomic mass is 9.94. The first-order valence-electron chi connectivity index (χ1n) is 12.9. The number of benzene rings is 2. The molecule has 1 aliphatic rings. The van der Waals surface area contributed by atoms with Crippen LogP contribution >= 0.6 is 11.3 Å². The molecule has 0 spiro atoms. The van der Waals surface area contributed by atoms with Crippen LogP contribution in [0, 0.1) is 0 Å². The summed E-state index contributed by atoms with van der Waals surface area (Å²) in [4.78, 5) is 42.3. The van der Waals surface area contributed by atoms with Gasteiger partial charge in [-0.1, -0.05) is 31.4 Å². The second-order valence-electron chi connectivity index (χ2n) is 9.48. The number of ether oxygens (including phenoxy) is 2. The first-order chi connectivity index (χ1) is 18.4. The monoisotopic (exact) mass is 534 g/mol. The van der Waals surface area contributed by atoms with Gasteiger partial charge in [-0.25, -0.2) is 0 Å². The molecule has 0 bridgehead atoms. The van der Waals surface area contributed by atoms with E-state index in [9.17, 15) is 14.4 Å². The van der Waals surface area contributed by atoms with Crippen LogP contribution in [0.3, 0.4) is 0 Å². The van der Waals surface area contributed by atoms with Crippen molar-refractivity contribution in [3.63, 3.8) is 0 Å². The smallest absolute Gasteiger partial charge is 0.248 e. The third-order valence-corrected chi connectivity index (χ3v) is 7.78. The second-order valence-corrected chi connectivity index (χ2v) is 10.5. The minimum atomic E-state index is -0.952. The van der Waals surface area contributed by atoms with Gasteiger partial charge in [-0.3, -0.25) is 19.3 Å². The van der Waals surface area contributed by atoms with Gasteiger partial charge in [0, 0.05) is 22.2 Å². The van der Waals surface area contributed by atoms with E-state index in [4.69, 9.17) is 9.47 Å². The molecule has 1 heterocycles. The van der Waals surface area contributed by atoms with E-state index in [2.05, 4.69) is 5.32 Å². The van der Waals surface area contributed by atoms with Gasteiger partial charge in [-0.05, 0) is 73.2 Å². The maximum atomic E-state index is 14.0. The molecule has 38 heavy (non-hydrogen) atoms. The number of methoxy groups -OCH3 is 2. The number of hydrogen-bond donors (Lipinski definition) is 1. The van der Waals surface area contributed by atoms with Crippen LogP contribution in [-0.2, 0) is 16.0 Å². The summed E-state index contributed by atoms with van der Waals surface area (Å²) in [6, 6.07) is 15.0. The Kier molecular flexibility index (Phi) is 9.18. The fourth-order valence-corrected chi connectivity index (χ4v) is 5.60. The van der Waals surface area contributed by atoms with Gasteiger partial charge in [-0.15, -0.1) is 11.3 Å². The van der Waals surface area contributed by atoms with Crippen molar-refractivity contribution in [3.05, 3.63) is 76.0 Å². The minimum absolute atomic E-state index is 0.0632. The molecule has 4 rings (SSSR count). The number of nitrogens with zero attached hydrogens (tertiary/aromatic N) is 1. The number of ketones is 1. The maximum absolute atomic E-state index is 14.0. The van der Waals surface area contributed by atoms with Crippen molar-refractivity contribution in [1.29, 1.82) is 0 Å². The van der Waals surface area contributed by atoms with E-state index in [-0.39, 0.29) is 30.1 Å². The predicted molar refractivity (Wildman–Crippen MR) is 149 cm³/mol. The van der Waals surface area contributed by atoms with E-state index in [1.165, 1.54) is 24.7 Å². The molecular weight excluding hydrogens is 500 g/mol. The fraction of sp³-hybridized carbons (Fsp3) is 0.367. The lowest BCUT2D eigenvalue weighted by molar-refractivity contribution is -0.127. The second kappa shape index (κ2) is 12.7. The van der Waals surface area contributed by atoms with Gasteiger partial charge in [0.2, 0.25) is 11.8 Å². The molecule has 7 nitrogen and oxygen atoms in total. The molecule has 0 unspecified atom stereocenters. The molecule has 1 atom stereocenters. The maximum Gasteiger partial charge on any atom is 0.248 e. The van der Waals surface area contributed by atoms with Crippen molar-refractivity contribution in [2.75, 3.05) is 19.1 Å². The van der Waals surface area contributed by atoms with Crippen LogP contribution in [0.2, 0.25) is 0 Å². The van der Waals surface area contributed by atoms with Crippen molar-refractivity contribution in [3.8, 4) is 11.5 Å². The molecule has 0 saturated heterocycles. The summed E-state index contributed by atoms with van der Waals surface area (Å²) in [7, 11) is 3.09. The average molecular weight is 535 g/mol. The number of carbonyl (C=O) groups excluding carboxylic acids is 3. The van der Waals surface area contributed by atoms with Gasteiger partial charge >= 0.3 is 0 Å². The first kappa shape index (κ1) is 27.4. The molecule has 2 amide bonds. The quantitative estimate of drug-likeness (QED) is 0.336. The van der Waals surface area contributed by atoms with E-state index in [1.807, 2.05) is 17.5 Å². The van der Waals surface area contributed by atoms with E-state index >= 15 is 0 Å². The summed E-state index contributed by atoms with van der Waals surface area (Å²) in [5, 5.41) is 5.15. The van der Waals surface area contributed by atoms with Gasteiger partial charge < -0.3 is 14.8 Å². The number of carbonyl (C=O) groups is 3. The first-order valence-corrected chi connectivity index (χ1v) is 13.8. The molecule has 3 aromatic rings. The van der Waals surface area contributed by atoms with Crippen molar-refractivity contribution in [2.45, 2.75) is 57.5 Å². The number of hydrogen-bond acceptors (Lipinski definition) is 6. The summed E-state index contributed by atoms with van der Waals surface area (Å²) in [6.45, 7) is 1.50. The number of anilines is 1. The van der Waals surface area contributed by atoms with Crippen LogP contribution in [0.15, 0.2) is 60.0 Å². The minimum Gasteiger partial charge on any atom is -0.493 e. The largest absolute Gasteiger partial charge is 0.493 e. The highest BCUT2D eigenvalue weighted by Gasteiger charge is 2.35. The van der Waals surface area contributed by atoms with E-state index in [0.717, 1.165) is 30.6 Å². The zero-order chi connectivity index (χ0) is 27.1. The number of rotatable bonds is 10.